The molecule has 4 aromatic carbocycles. The van der Waals surface area contributed by atoms with Crippen molar-refractivity contribution >= 4 is 114 Å². The van der Waals surface area contributed by atoms with E-state index in [-0.39, 0.29) is 118 Å². The molecular formula is C76H110Br2N6O22P6. The van der Waals surface area contributed by atoms with Gasteiger partial charge in [0.05, 0.1) is 75.6 Å². The molecule has 0 bridgehead atoms. The zero-order valence-electron chi connectivity index (χ0n) is 66.7. The molecule has 0 aliphatic heterocycles. The number of benzene rings is 4. The average Bonchev–Trinajstić information content (AvgIpc) is 0.815. The Morgan fingerprint density at radius 2 is 0.705 bits per heavy atom. The molecule has 0 N–H and O–H groups in total. The maximum atomic E-state index is 13.7. The lowest BCUT2D eigenvalue weighted by molar-refractivity contribution is -0.191. The number of carbonyl (C=O) groups is 1. The number of esters is 1. The highest BCUT2D eigenvalue weighted by molar-refractivity contribution is 9.11. The second-order valence-corrected chi connectivity index (χ2v) is 31.6. The Morgan fingerprint density at radius 3 is 1.01 bits per heavy atom. The third kappa shape index (κ3) is 44.3. The Hall–Kier alpha value is -5.02. The number of pyridine rings is 2. The molecular weight excluding hydrogens is 1690 g/mol. The number of rotatable bonds is 46. The average molecular weight is 1810 g/mol. The van der Waals surface area contributed by atoms with E-state index in [2.05, 4.69) is 55.5 Å². The monoisotopic (exact) mass is 1800 g/mol. The van der Waals surface area contributed by atoms with Gasteiger partial charge in [0.1, 0.15) is 39.0 Å². The zero-order chi connectivity index (χ0) is 83.4. The van der Waals surface area contributed by atoms with Gasteiger partial charge in [-0.2, -0.15) is 9.59 Å². The molecule has 28 nitrogen and oxygen atoms in total. The van der Waals surface area contributed by atoms with Crippen LogP contribution in [0.3, 0.4) is 0 Å². The molecule has 2 aromatic heterocycles. The van der Waals surface area contributed by atoms with Gasteiger partial charge in [0.2, 0.25) is 0 Å². The second-order valence-electron chi connectivity index (χ2n) is 22.7. The number of fused-ring (bicyclic) bond motifs is 2. The van der Waals surface area contributed by atoms with Crippen molar-refractivity contribution in [3.8, 4) is 23.7 Å². The standard InChI is InChI=1S/C32H40BrN3O7P2.C31H40BrN3O10P4.3C4H10O.CO2/c1-5-17-35(23-41-44-38)20-27-18-25(13-14-26-15-16-31(33)30-12-10-9-11-29(26)30)19-28(34-27)21-36(22-32(37)40-6-2)24-45(39,42-7-3)43-8-4;1-5-42-48(38,43-6-2)23-35(24-49(39,44-7-3)45-8-4)20-28-18-25(17-27(33-28)19-34(21-40-46-36)22-41-47-37)13-14-26-15-16-31(32)30-12-10-9-11-29(26)30;3*1-3-5-4-2;2-1-3/h9-12,15-16,18-19H,5-8,17,20-24H2,1-4H3;9-12,15-18H,5-8,19-24H2,1-4H3;3*3-4H2,1-2H3;. The van der Waals surface area contributed by atoms with Crippen molar-refractivity contribution in [1.29, 1.82) is 0 Å². The summed E-state index contributed by atoms with van der Waals surface area (Å²) in [6.45, 7) is 33.6. The van der Waals surface area contributed by atoms with E-state index in [1.165, 1.54) is 0 Å². The van der Waals surface area contributed by atoms with E-state index in [0.29, 0.717) is 41.4 Å². The minimum absolute atomic E-state index is 0.0450. The summed E-state index contributed by atoms with van der Waals surface area (Å²) in [6, 6.07) is 31.1. The number of ether oxygens (including phenoxy) is 4. The van der Waals surface area contributed by atoms with Gasteiger partial charge in [-0.3, -0.25) is 61.6 Å². The quantitative estimate of drug-likeness (QED) is 0.0148. The summed E-state index contributed by atoms with van der Waals surface area (Å²) in [4.78, 5) is 45.4. The number of aromatic nitrogens is 2. The third-order valence-corrected chi connectivity index (χ3v) is 22.4. The summed E-state index contributed by atoms with van der Waals surface area (Å²) in [5.41, 5.74) is 5.36. The Labute approximate surface area is 683 Å². The van der Waals surface area contributed by atoms with Gasteiger partial charge in [-0.05, 0) is 167 Å². The van der Waals surface area contributed by atoms with Crippen molar-refractivity contribution in [2.75, 3.05) is 138 Å². The lowest BCUT2D eigenvalue weighted by Crippen LogP contribution is -2.33. The molecule has 0 fully saturated rings. The fourth-order valence-corrected chi connectivity index (χ4v) is 17.1. The second kappa shape index (κ2) is 64.1. The zero-order valence-corrected chi connectivity index (χ0v) is 75.3. The number of hydrogen-bond donors (Lipinski definition) is 0. The van der Waals surface area contributed by atoms with Crippen LogP contribution in [0.25, 0.3) is 21.5 Å². The summed E-state index contributed by atoms with van der Waals surface area (Å²) in [7, 11) is -12.3. The van der Waals surface area contributed by atoms with Crippen LogP contribution in [-0.2, 0) is 128 Å². The predicted molar refractivity (Wildman–Crippen MR) is 442 cm³/mol. The lowest BCUT2D eigenvalue weighted by Gasteiger charge is -2.29. The maximum absolute atomic E-state index is 13.7. The molecule has 2 heterocycles. The lowest BCUT2D eigenvalue weighted by atomic mass is 10.0. The largest absolute Gasteiger partial charge is 0.465 e. The Bertz CT molecular complexity index is 3930. The number of halogens is 2. The van der Waals surface area contributed by atoms with Gasteiger partial charge in [-0.15, -0.1) is 0 Å². The van der Waals surface area contributed by atoms with Gasteiger partial charge < -0.3 is 46.1 Å². The first-order valence-corrected chi connectivity index (χ1v) is 45.6. The van der Waals surface area contributed by atoms with Crippen LogP contribution in [-0.4, -0.2) is 180 Å². The fourth-order valence-electron chi connectivity index (χ4n) is 10.2. The Kier molecular flexibility index (Phi) is 60.1. The van der Waals surface area contributed by atoms with E-state index in [0.717, 1.165) is 93.2 Å². The van der Waals surface area contributed by atoms with E-state index in [1.54, 1.807) is 75.3 Å². The summed E-state index contributed by atoms with van der Waals surface area (Å²) in [6.07, 6.45) is 0.564. The van der Waals surface area contributed by atoms with E-state index < -0.39 is 54.8 Å². The summed E-state index contributed by atoms with van der Waals surface area (Å²) in [5.74, 6) is 12.7. The Balaban J connectivity index is 0.000000919. The smallest absolute Gasteiger partial charge is 0.373 e. The molecule has 0 unspecified atom stereocenters. The first-order chi connectivity index (χ1) is 54.0. The molecule has 620 valence electrons. The number of carbonyl (C=O) groups excluding carboxylic acids is 3. The highest BCUT2D eigenvalue weighted by atomic mass is 79.9. The van der Waals surface area contributed by atoms with Crippen LogP contribution in [0.15, 0.2) is 106 Å². The van der Waals surface area contributed by atoms with E-state index in [1.807, 2.05) is 138 Å². The molecule has 112 heavy (non-hydrogen) atoms. The van der Waals surface area contributed by atoms with Crippen LogP contribution in [0.2, 0.25) is 0 Å². The predicted octanol–water partition coefficient (Wildman–Crippen LogP) is 18.7. The van der Waals surface area contributed by atoms with Gasteiger partial charge >= 0.3 is 61.0 Å². The maximum Gasteiger partial charge on any atom is 0.373 e. The van der Waals surface area contributed by atoms with Gasteiger partial charge in [0, 0.05) is 104 Å². The van der Waals surface area contributed by atoms with Crippen LogP contribution in [0.1, 0.15) is 148 Å². The van der Waals surface area contributed by atoms with Gasteiger partial charge in [0.25, 0.3) is 0 Å². The molecule has 0 spiro atoms. The number of nitrogens with zero attached hydrogens (tertiary/aromatic N) is 6. The normalized spacial score (nSPS) is 11.3. The van der Waals surface area contributed by atoms with Crippen LogP contribution in [0, 0.1) is 23.7 Å². The number of hydrogen-bond acceptors (Lipinski definition) is 28. The molecule has 6 rings (SSSR count). The summed E-state index contributed by atoms with van der Waals surface area (Å²) in [5, 5.41) is 4.09. The highest BCUT2D eigenvalue weighted by Gasteiger charge is 2.35. The fraction of sp³-hybridized carbons (Fsp3) is 0.526. The van der Waals surface area contributed by atoms with Crippen molar-refractivity contribution in [3.05, 3.63) is 151 Å². The van der Waals surface area contributed by atoms with Crippen molar-refractivity contribution in [2.45, 2.75) is 130 Å². The molecule has 0 saturated carbocycles. The van der Waals surface area contributed by atoms with Crippen molar-refractivity contribution < 1.29 is 101 Å². The molecule has 0 saturated heterocycles. The van der Waals surface area contributed by atoms with Crippen LogP contribution in [0.4, 0.5) is 0 Å². The van der Waals surface area contributed by atoms with Gasteiger partial charge in [0.15, 0.2) is 0 Å². The van der Waals surface area contributed by atoms with E-state index in [4.69, 9.17) is 79.2 Å². The first kappa shape index (κ1) is 105. The SMILES string of the molecule is CCCN(COP=O)Cc1cc(C#Cc2ccc(Br)c3ccccc23)cc(CN(CC(=O)OCC)CP(=O)(OCC)OCC)n1.CCOCC.CCOCC.CCOCC.CCOP(=O)(CN(Cc1cc(C#Cc2ccc(Br)c3ccccc23)cc(CN(COP=O)COP=O)n1)CP(=O)(OCC)OCC)OCC.O=C=O. The summed E-state index contributed by atoms with van der Waals surface area (Å²) >= 11 is 7.23. The van der Waals surface area contributed by atoms with E-state index >= 15 is 0 Å². The molecule has 0 aliphatic rings. The molecule has 0 atom stereocenters. The topological polar surface area (TPSA) is 312 Å². The molecule has 36 heteroatoms. The molecule has 0 amide bonds. The van der Waals surface area contributed by atoms with Gasteiger partial charge in [-0.25, -0.2) is 13.7 Å². The van der Waals surface area contributed by atoms with Crippen molar-refractivity contribution in [2.24, 2.45) is 0 Å². The minimum atomic E-state index is -3.66. The molecule has 6 aromatic rings. The highest BCUT2D eigenvalue weighted by Crippen LogP contribution is 2.54. The molecule has 0 aliphatic carbocycles. The summed E-state index contributed by atoms with van der Waals surface area (Å²) < 4.78 is 144. The third-order valence-electron chi connectivity index (χ3n) is 14.2. The first-order valence-electron chi connectivity index (χ1n) is 36.6. The Morgan fingerprint density at radius 1 is 0.402 bits per heavy atom. The van der Waals surface area contributed by atoms with Crippen LogP contribution in [0.5, 0.6) is 0 Å². The van der Waals surface area contributed by atoms with E-state index in [9.17, 15) is 32.2 Å². The molecule has 0 radical (unpaired) electrons. The van der Waals surface area contributed by atoms with Crippen LogP contribution >= 0.6 is 80.7 Å². The van der Waals surface area contributed by atoms with Crippen molar-refractivity contribution in [3.63, 3.8) is 0 Å². The van der Waals surface area contributed by atoms with Crippen molar-refractivity contribution in [1.82, 2.24) is 29.6 Å². The van der Waals surface area contributed by atoms with Gasteiger partial charge in [-0.1, -0.05) is 111 Å². The minimum Gasteiger partial charge on any atom is -0.465 e. The van der Waals surface area contributed by atoms with Crippen LogP contribution < -0.4 is 0 Å².